The van der Waals surface area contributed by atoms with E-state index in [4.69, 9.17) is 0 Å². The molecule has 5 rings (SSSR count). The number of amidine groups is 1. The van der Waals surface area contributed by atoms with Gasteiger partial charge in [0.15, 0.2) is 0 Å². The summed E-state index contributed by atoms with van der Waals surface area (Å²) in [5.74, 6) is 0.486. The van der Waals surface area contributed by atoms with E-state index in [1.807, 2.05) is 48.0 Å². The van der Waals surface area contributed by atoms with Crippen molar-refractivity contribution in [1.29, 1.82) is 0 Å². The molecule has 1 saturated heterocycles. The van der Waals surface area contributed by atoms with Crippen molar-refractivity contribution in [3.63, 3.8) is 0 Å². The number of thiophene rings is 1. The van der Waals surface area contributed by atoms with Crippen LogP contribution in [0.25, 0.3) is 10.4 Å². The lowest BCUT2D eigenvalue weighted by Gasteiger charge is -2.25. The fraction of sp³-hybridized carbons (Fsp3) is 0.304. The molecular formula is C23H25N5O2S2. The first kappa shape index (κ1) is 21.3. The molecule has 3 aromatic rings. The lowest BCUT2D eigenvalue weighted by Crippen LogP contribution is -2.38. The summed E-state index contributed by atoms with van der Waals surface area (Å²) in [4.78, 5) is 10.4. The third-order valence-electron chi connectivity index (χ3n) is 5.74. The molecule has 7 nitrogen and oxygen atoms in total. The Labute approximate surface area is 192 Å². The molecule has 0 saturated carbocycles. The molecule has 0 unspecified atom stereocenters. The number of hydrogen-bond acceptors (Lipinski definition) is 7. The van der Waals surface area contributed by atoms with Crippen LogP contribution in [0.3, 0.4) is 0 Å². The molecule has 2 aliphatic heterocycles. The highest BCUT2D eigenvalue weighted by Crippen LogP contribution is 2.33. The van der Waals surface area contributed by atoms with Crippen LogP contribution in [0.4, 0.5) is 5.69 Å². The van der Waals surface area contributed by atoms with Crippen LogP contribution in [-0.4, -0.2) is 61.8 Å². The Morgan fingerprint density at radius 1 is 0.969 bits per heavy atom. The quantitative estimate of drug-likeness (QED) is 0.619. The summed E-state index contributed by atoms with van der Waals surface area (Å²) < 4.78 is 29.9. The Morgan fingerprint density at radius 3 is 2.56 bits per heavy atom. The van der Waals surface area contributed by atoms with Gasteiger partial charge in [0.1, 0.15) is 10.7 Å². The lowest BCUT2D eigenvalue weighted by atomic mass is 10.1. The van der Waals surface area contributed by atoms with Gasteiger partial charge in [-0.2, -0.15) is 8.42 Å². The van der Waals surface area contributed by atoms with Crippen molar-refractivity contribution in [2.75, 3.05) is 38.0 Å². The zero-order valence-electron chi connectivity index (χ0n) is 17.6. The highest BCUT2D eigenvalue weighted by atomic mass is 32.2. The monoisotopic (exact) mass is 467 g/mol. The Morgan fingerprint density at radius 2 is 1.81 bits per heavy atom. The van der Waals surface area contributed by atoms with Crippen LogP contribution < -0.4 is 5.32 Å². The van der Waals surface area contributed by atoms with Gasteiger partial charge in [-0.25, -0.2) is 0 Å². The van der Waals surface area contributed by atoms with Crippen LogP contribution in [-0.2, 0) is 16.6 Å². The van der Waals surface area contributed by atoms with Crippen LogP contribution in [0.5, 0.6) is 0 Å². The first-order valence-electron chi connectivity index (χ1n) is 10.7. The van der Waals surface area contributed by atoms with Crippen LogP contribution in [0.15, 0.2) is 69.4 Å². The van der Waals surface area contributed by atoms with Gasteiger partial charge in [-0.1, -0.05) is 18.2 Å². The molecular weight excluding hydrogens is 442 g/mol. The van der Waals surface area contributed by atoms with Crippen molar-refractivity contribution < 1.29 is 8.42 Å². The van der Waals surface area contributed by atoms with Crippen LogP contribution in [0.2, 0.25) is 0 Å². The van der Waals surface area contributed by atoms with E-state index in [1.54, 1.807) is 17.4 Å². The minimum atomic E-state index is -3.73. The van der Waals surface area contributed by atoms with Gasteiger partial charge in [0.25, 0.3) is 10.0 Å². The summed E-state index contributed by atoms with van der Waals surface area (Å²) in [6.45, 7) is 5.00. The molecule has 0 radical (unpaired) electrons. The topological polar surface area (TPSA) is 77.9 Å². The molecule has 1 N–H and O–H groups in total. The molecule has 1 aromatic carbocycles. The Balaban J connectivity index is 1.26. The van der Waals surface area contributed by atoms with Gasteiger partial charge in [0.05, 0.1) is 17.9 Å². The molecule has 0 spiro atoms. The molecule has 2 aliphatic rings. The maximum Gasteiger partial charge on any atom is 0.286 e. The van der Waals surface area contributed by atoms with E-state index in [1.165, 1.54) is 0 Å². The average molecular weight is 468 g/mol. The molecule has 0 aliphatic carbocycles. The molecule has 1 fully saturated rings. The second-order valence-corrected chi connectivity index (χ2v) is 10.6. The Hall–Kier alpha value is -2.59. The molecule has 32 heavy (non-hydrogen) atoms. The van der Waals surface area contributed by atoms with E-state index in [-0.39, 0.29) is 4.90 Å². The summed E-state index contributed by atoms with van der Waals surface area (Å²) in [5, 5.41) is 5.24. The number of fused-ring (bicyclic) bond motifs is 1. The van der Waals surface area contributed by atoms with Gasteiger partial charge in [0, 0.05) is 30.7 Å². The van der Waals surface area contributed by atoms with Gasteiger partial charge < -0.3 is 5.32 Å². The second-order valence-electron chi connectivity index (χ2n) is 8.05. The highest BCUT2D eigenvalue weighted by molar-refractivity contribution is 7.90. The Bertz CT molecular complexity index is 1210. The summed E-state index contributed by atoms with van der Waals surface area (Å²) in [7, 11) is -3.73. The van der Waals surface area contributed by atoms with Crippen LogP contribution in [0.1, 0.15) is 12.1 Å². The molecule has 0 bridgehead atoms. The van der Waals surface area contributed by atoms with Crippen molar-refractivity contribution >= 4 is 32.9 Å². The van der Waals surface area contributed by atoms with Gasteiger partial charge in [-0.15, -0.1) is 15.7 Å². The number of benzene rings is 1. The van der Waals surface area contributed by atoms with E-state index in [0.717, 1.165) is 55.3 Å². The average Bonchev–Trinajstić information content (AvgIpc) is 3.24. The van der Waals surface area contributed by atoms with E-state index >= 15 is 0 Å². The fourth-order valence-corrected chi connectivity index (χ4v) is 6.04. The predicted octanol–water partition coefficient (Wildman–Crippen LogP) is 3.53. The van der Waals surface area contributed by atoms with E-state index < -0.39 is 10.0 Å². The van der Waals surface area contributed by atoms with Crippen molar-refractivity contribution in [3.05, 3.63) is 65.8 Å². The third-order valence-corrected chi connectivity index (χ3v) is 8.01. The predicted molar refractivity (Wildman–Crippen MR) is 129 cm³/mol. The molecule has 0 amide bonds. The van der Waals surface area contributed by atoms with E-state index in [9.17, 15) is 8.42 Å². The standard InChI is InChI=1S/C23H25N5O2S2/c29-32(30)22-15-18(21-6-3-14-31-21)7-8-20(22)25-23(26-32)17-28-11-4-10-27(12-13-28)16-19-5-1-2-9-24-19/h1-3,5-9,14-15H,4,10-13,16-17H2,(H,25,26). The number of anilines is 1. The van der Waals surface area contributed by atoms with Crippen molar-refractivity contribution in [2.45, 2.75) is 17.9 Å². The van der Waals surface area contributed by atoms with Gasteiger partial charge >= 0.3 is 0 Å². The molecule has 9 heteroatoms. The number of aromatic nitrogens is 1. The number of pyridine rings is 1. The maximum absolute atomic E-state index is 12.9. The van der Waals surface area contributed by atoms with Crippen LogP contribution in [0, 0.1) is 0 Å². The zero-order chi connectivity index (χ0) is 22.0. The number of rotatable bonds is 5. The number of nitrogens with zero attached hydrogens (tertiary/aromatic N) is 4. The van der Waals surface area contributed by atoms with Crippen molar-refractivity contribution in [2.24, 2.45) is 4.40 Å². The smallest absolute Gasteiger partial charge is 0.286 e. The van der Waals surface area contributed by atoms with Crippen LogP contribution >= 0.6 is 11.3 Å². The summed E-state index contributed by atoms with van der Waals surface area (Å²) >= 11 is 1.59. The minimum Gasteiger partial charge on any atom is -0.341 e. The Kier molecular flexibility index (Phi) is 6.05. The third kappa shape index (κ3) is 4.75. The van der Waals surface area contributed by atoms with Crippen molar-refractivity contribution in [1.82, 2.24) is 14.8 Å². The van der Waals surface area contributed by atoms with Gasteiger partial charge in [-0.3, -0.25) is 14.8 Å². The molecule has 166 valence electrons. The summed E-state index contributed by atoms with van der Waals surface area (Å²) in [6, 6.07) is 15.5. The normalized spacial score (nSPS) is 18.9. The zero-order valence-corrected chi connectivity index (χ0v) is 19.3. The SMILES string of the molecule is O=S1(=O)N=C(CN2CCCN(Cc3ccccn3)CC2)Nc2ccc(-c3cccs3)cc21. The summed E-state index contributed by atoms with van der Waals surface area (Å²) in [6.07, 6.45) is 2.85. The van der Waals surface area contributed by atoms with E-state index in [0.29, 0.717) is 18.1 Å². The van der Waals surface area contributed by atoms with E-state index in [2.05, 4.69) is 30.6 Å². The number of nitrogens with one attached hydrogen (secondary N) is 1. The fourth-order valence-electron chi connectivity index (χ4n) is 4.15. The number of hydrogen-bond donors (Lipinski definition) is 1. The summed E-state index contributed by atoms with van der Waals surface area (Å²) in [5.41, 5.74) is 2.56. The highest BCUT2D eigenvalue weighted by Gasteiger charge is 2.27. The largest absolute Gasteiger partial charge is 0.341 e. The van der Waals surface area contributed by atoms with Crippen molar-refractivity contribution in [3.8, 4) is 10.4 Å². The molecule has 4 heterocycles. The van der Waals surface area contributed by atoms with Gasteiger partial charge in [-0.05, 0) is 60.8 Å². The minimum absolute atomic E-state index is 0.240. The maximum atomic E-state index is 12.9. The lowest BCUT2D eigenvalue weighted by molar-refractivity contribution is 0.262. The second kappa shape index (κ2) is 9.11. The number of sulfonamides is 1. The molecule has 0 atom stereocenters. The first-order valence-corrected chi connectivity index (χ1v) is 13.0. The molecule has 2 aromatic heterocycles. The first-order chi connectivity index (χ1) is 15.6. The van der Waals surface area contributed by atoms with Gasteiger partial charge in [0.2, 0.25) is 0 Å².